The molecule has 1 aromatic rings. The zero-order valence-electron chi connectivity index (χ0n) is 10.3. The van der Waals surface area contributed by atoms with E-state index in [-0.39, 0.29) is 23.0 Å². The van der Waals surface area contributed by atoms with Crippen LogP contribution in [0.3, 0.4) is 0 Å². The van der Waals surface area contributed by atoms with E-state index in [0.29, 0.717) is 13.2 Å². The first kappa shape index (κ1) is 15.4. The molecule has 104 valence electrons. The molecule has 5 nitrogen and oxygen atoms in total. The molecule has 0 unspecified atom stereocenters. The average Bonchev–Trinajstić information content (AvgIpc) is 2.36. The predicted octanol–water partition coefficient (Wildman–Crippen LogP) is 0.972. The Morgan fingerprint density at radius 1 is 1.37 bits per heavy atom. The van der Waals surface area contributed by atoms with Gasteiger partial charge in [0.15, 0.2) is 0 Å². The van der Waals surface area contributed by atoms with Crippen LogP contribution in [0.15, 0.2) is 18.2 Å². The molecule has 0 fully saturated rings. The molecule has 1 aromatic carbocycles. The van der Waals surface area contributed by atoms with Crippen LogP contribution in [0.1, 0.15) is 10.4 Å². The molecular formula is C12H14ClFN2O3. The second-order valence-corrected chi connectivity index (χ2v) is 4.06. The summed E-state index contributed by atoms with van der Waals surface area (Å²) in [7, 11) is 1.52. The average molecular weight is 289 g/mol. The molecule has 0 atom stereocenters. The Labute approximate surface area is 115 Å². The quantitative estimate of drug-likeness (QED) is 0.767. The smallest absolute Gasteiger partial charge is 0.253 e. The summed E-state index contributed by atoms with van der Waals surface area (Å²) < 4.78 is 17.6. The van der Waals surface area contributed by atoms with Crippen molar-refractivity contribution in [1.82, 2.24) is 10.6 Å². The minimum absolute atomic E-state index is 0.00251. The number of benzene rings is 1. The molecule has 0 heterocycles. The largest absolute Gasteiger partial charge is 0.383 e. The molecule has 19 heavy (non-hydrogen) atoms. The number of amides is 2. The maximum absolute atomic E-state index is 12.8. The molecule has 0 aliphatic rings. The zero-order valence-corrected chi connectivity index (χ0v) is 11.1. The molecule has 0 spiro atoms. The highest BCUT2D eigenvalue weighted by Crippen LogP contribution is 2.16. The van der Waals surface area contributed by atoms with E-state index in [9.17, 15) is 14.0 Å². The van der Waals surface area contributed by atoms with Gasteiger partial charge in [-0.2, -0.15) is 0 Å². The first-order valence-electron chi connectivity index (χ1n) is 5.53. The first-order valence-corrected chi connectivity index (χ1v) is 5.91. The molecule has 2 N–H and O–H groups in total. The number of nitrogens with one attached hydrogen (secondary N) is 2. The predicted molar refractivity (Wildman–Crippen MR) is 68.6 cm³/mol. The van der Waals surface area contributed by atoms with Crippen LogP contribution in [0.4, 0.5) is 4.39 Å². The van der Waals surface area contributed by atoms with Gasteiger partial charge >= 0.3 is 0 Å². The lowest BCUT2D eigenvalue weighted by Gasteiger charge is -2.07. The van der Waals surface area contributed by atoms with E-state index in [0.717, 1.165) is 12.1 Å². The van der Waals surface area contributed by atoms with Gasteiger partial charge in [0.05, 0.1) is 23.7 Å². The molecule has 2 amide bonds. The van der Waals surface area contributed by atoms with Gasteiger partial charge in [-0.3, -0.25) is 9.59 Å². The molecule has 0 bridgehead atoms. The Morgan fingerprint density at radius 2 is 2.11 bits per heavy atom. The summed E-state index contributed by atoms with van der Waals surface area (Å²) in [6.45, 7) is 0.572. The van der Waals surface area contributed by atoms with E-state index in [1.165, 1.54) is 13.2 Å². The fraction of sp³-hybridized carbons (Fsp3) is 0.333. The summed E-state index contributed by atoms with van der Waals surface area (Å²) >= 11 is 5.72. The van der Waals surface area contributed by atoms with Gasteiger partial charge in [-0.1, -0.05) is 11.6 Å². The fourth-order valence-electron chi connectivity index (χ4n) is 1.28. The van der Waals surface area contributed by atoms with E-state index in [4.69, 9.17) is 16.3 Å². The maximum Gasteiger partial charge on any atom is 0.253 e. The topological polar surface area (TPSA) is 67.4 Å². The van der Waals surface area contributed by atoms with Gasteiger partial charge in [-0.25, -0.2) is 4.39 Å². The van der Waals surface area contributed by atoms with Gasteiger partial charge in [0.1, 0.15) is 5.82 Å². The Morgan fingerprint density at radius 3 is 2.74 bits per heavy atom. The van der Waals surface area contributed by atoms with E-state index < -0.39 is 11.7 Å². The van der Waals surface area contributed by atoms with Gasteiger partial charge in [-0.05, 0) is 18.2 Å². The first-order chi connectivity index (χ1) is 9.04. The Balaban J connectivity index is 2.45. The van der Waals surface area contributed by atoms with E-state index in [1.807, 2.05) is 0 Å². The van der Waals surface area contributed by atoms with Crippen molar-refractivity contribution in [1.29, 1.82) is 0 Å². The van der Waals surface area contributed by atoms with Gasteiger partial charge < -0.3 is 15.4 Å². The molecule has 0 aromatic heterocycles. The number of ether oxygens (including phenoxy) is 1. The van der Waals surface area contributed by atoms with Crippen molar-refractivity contribution in [3.8, 4) is 0 Å². The van der Waals surface area contributed by atoms with Gasteiger partial charge in [-0.15, -0.1) is 0 Å². The van der Waals surface area contributed by atoms with Crippen molar-refractivity contribution in [3.63, 3.8) is 0 Å². The second-order valence-electron chi connectivity index (χ2n) is 3.65. The third kappa shape index (κ3) is 5.23. The summed E-state index contributed by atoms with van der Waals surface area (Å²) in [6.07, 6.45) is 0. The maximum atomic E-state index is 12.8. The van der Waals surface area contributed by atoms with Crippen molar-refractivity contribution in [2.45, 2.75) is 0 Å². The number of carbonyl (C=O) groups excluding carboxylic acids is 2. The van der Waals surface area contributed by atoms with Crippen molar-refractivity contribution in [2.75, 3.05) is 26.8 Å². The summed E-state index contributed by atoms with van der Waals surface area (Å²) in [5.41, 5.74) is 0.118. The van der Waals surface area contributed by atoms with Crippen LogP contribution in [0, 0.1) is 5.82 Å². The number of hydrogen-bond donors (Lipinski definition) is 2. The monoisotopic (exact) mass is 288 g/mol. The number of halogens is 2. The molecule has 1 rings (SSSR count). The highest BCUT2D eigenvalue weighted by molar-refractivity contribution is 6.33. The SMILES string of the molecule is COCCNC(=O)CNC(=O)c1ccc(F)cc1Cl. The van der Waals surface area contributed by atoms with E-state index in [2.05, 4.69) is 10.6 Å². The molecule has 7 heteroatoms. The summed E-state index contributed by atoms with van der Waals surface area (Å²) in [6, 6.07) is 3.42. The van der Waals surface area contributed by atoms with Gasteiger partial charge in [0.2, 0.25) is 5.91 Å². The number of rotatable bonds is 6. The lowest BCUT2D eigenvalue weighted by atomic mass is 10.2. The van der Waals surface area contributed by atoms with Crippen LogP contribution in [0.2, 0.25) is 5.02 Å². The van der Waals surface area contributed by atoms with Crippen LogP contribution >= 0.6 is 11.6 Å². The third-order valence-corrected chi connectivity index (χ3v) is 2.53. The molecule has 0 aliphatic carbocycles. The third-order valence-electron chi connectivity index (χ3n) is 2.21. The number of carbonyl (C=O) groups is 2. The minimum atomic E-state index is -0.535. The number of hydrogen-bond acceptors (Lipinski definition) is 3. The standard InChI is InChI=1S/C12H14ClFN2O3/c1-19-5-4-15-11(17)7-16-12(18)9-3-2-8(14)6-10(9)13/h2-3,6H,4-5,7H2,1H3,(H,15,17)(H,16,18). The van der Waals surface area contributed by atoms with E-state index in [1.54, 1.807) is 0 Å². The Hall–Kier alpha value is -1.66. The van der Waals surface area contributed by atoms with Crippen LogP contribution in [-0.2, 0) is 9.53 Å². The highest BCUT2D eigenvalue weighted by atomic mass is 35.5. The van der Waals surface area contributed by atoms with Crippen LogP contribution in [0.5, 0.6) is 0 Å². The van der Waals surface area contributed by atoms with Gasteiger partial charge in [0, 0.05) is 13.7 Å². The van der Waals surface area contributed by atoms with Crippen LogP contribution in [-0.4, -0.2) is 38.6 Å². The lowest BCUT2D eigenvalue weighted by molar-refractivity contribution is -0.120. The summed E-state index contributed by atoms with van der Waals surface area (Å²) in [5.74, 6) is -1.41. The highest BCUT2D eigenvalue weighted by Gasteiger charge is 2.12. The van der Waals surface area contributed by atoms with E-state index >= 15 is 0 Å². The molecule has 0 saturated carbocycles. The van der Waals surface area contributed by atoms with Crippen molar-refractivity contribution >= 4 is 23.4 Å². The molecular weight excluding hydrogens is 275 g/mol. The normalized spacial score (nSPS) is 10.1. The summed E-state index contributed by atoms with van der Waals surface area (Å²) in [4.78, 5) is 23.0. The molecule has 0 saturated heterocycles. The van der Waals surface area contributed by atoms with Crippen molar-refractivity contribution < 1.29 is 18.7 Å². The van der Waals surface area contributed by atoms with Crippen molar-refractivity contribution in [2.24, 2.45) is 0 Å². The van der Waals surface area contributed by atoms with Crippen LogP contribution in [0.25, 0.3) is 0 Å². The van der Waals surface area contributed by atoms with Crippen molar-refractivity contribution in [3.05, 3.63) is 34.6 Å². The minimum Gasteiger partial charge on any atom is -0.383 e. The zero-order chi connectivity index (χ0) is 14.3. The fourth-order valence-corrected chi connectivity index (χ4v) is 1.54. The number of methoxy groups -OCH3 is 1. The second kappa shape index (κ2) is 7.70. The Kier molecular flexibility index (Phi) is 6.24. The van der Waals surface area contributed by atoms with Crippen LogP contribution < -0.4 is 10.6 Å². The molecule has 0 radical (unpaired) electrons. The Bertz CT molecular complexity index is 468. The summed E-state index contributed by atoms with van der Waals surface area (Å²) in [5, 5.41) is 4.93. The lowest BCUT2D eigenvalue weighted by Crippen LogP contribution is -2.38. The van der Waals surface area contributed by atoms with Gasteiger partial charge in [0.25, 0.3) is 5.91 Å². The molecule has 0 aliphatic heterocycles.